The molecule has 0 spiro atoms. The minimum absolute atomic E-state index is 0. The predicted octanol–water partition coefficient (Wildman–Crippen LogP) is 3.40. The van der Waals surface area contributed by atoms with E-state index in [4.69, 9.17) is 5.73 Å². The molecule has 1 rings (SSSR count). The van der Waals surface area contributed by atoms with Gasteiger partial charge in [0, 0.05) is 18.6 Å². The maximum Gasteiger partial charge on any atom is 0.0701 e. The van der Waals surface area contributed by atoms with Gasteiger partial charge >= 0.3 is 0 Å². The monoisotopic (exact) mass is 326 g/mol. The third-order valence-corrected chi connectivity index (χ3v) is 4.57. The number of hydrogen-bond donors (Lipinski definition) is 2. The highest BCUT2D eigenvalue weighted by molar-refractivity contribution is 9.11. The Labute approximate surface area is 117 Å². The molecule has 1 unspecified atom stereocenters. The second-order valence-electron chi connectivity index (χ2n) is 4.39. The Hall–Kier alpha value is 0.390. The van der Waals surface area contributed by atoms with Gasteiger partial charge in [-0.15, -0.1) is 23.7 Å². The van der Waals surface area contributed by atoms with Crippen molar-refractivity contribution in [3.63, 3.8) is 0 Å². The Morgan fingerprint density at radius 1 is 1.56 bits per heavy atom. The van der Waals surface area contributed by atoms with Gasteiger partial charge < -0.3 is 11.1 Å². The summed E-state index contributed by atoms with van der Waals surface area (Å²) in [6.07, 6.45) is 0. The Balaban J connectivity index is 0.00000225. The van der Waals surface area contributed by atoms with Gasteiger partial charge in [0.1, 0.15) is 0 Å². The fourth-order valence-electron chi connectivity index (χ4n) is 1.25. The molecule has 0 aliphatic heterocycles. The van der Waals surface area contributed by atoms with E-state index in [1.54, 1.807) is 11.3 Å². The zero-order chi connectivity index (χ0) is 11.5. The zero-order valence-electron chi connectivity index (χ0n) is 9.92. The maximum absolute atomic E-state index is 5.81. The van der Waals surface area contributed by atoms with E-state index in [1.807, 2.05) is 0 Å². The van der Waals surface area contributed by atoms with Gasteiger partial charge in [0.15, 0.2) is 0 Å². The first kappa shape index (κ1) is 16.4. The van der Waals surface area contributed by atoms with Crippen molar-refractivity contribution in [1.82, 2.24) is 5.32 Å². The lowest BCUT2D eigenvalue weighted by molar-refractivity contribution is 0.267. The van der Waals surface area contributed by atoms with E-state index in [1.165, 1.54) is 9.35 Å². The molecule has 3 N–H and O–H groups in total. The van der Waals surface area contributed by atoms with Crippen LogP contribution in [-0.2, 0) is 6.54 Å². The number of nitrogens with two attached hydrogens (primary N) is 1. The molecule has 1 aromatic heterocycles. The molecule has 0 bridgehead atoms. The topological polar surface area (TPSA) is 38.0 Å². The molecule has 16 heavy (non-hydrogen) atoms. The van der Waals surface area contributed by atoms with Gasteiger partial charge in [-0.1, -0.05) is 13.8 Å². The van der Waals surface area contributed by atoms with Crippen molar-refractivity contribution in [3.8, 4) is 0 Å². The molecular weight excluding hydrogens is 308 g/mol. The summed E-state index contributed by atoms with van der Waals surface area (Å²) in [6.45, 7) is 8.12. The van der Waals surface area contributed by atoms with Crippen LogP contribution in [0.2, 0.25) is 0 Å². The fourth-order valence-corrected chi connectivity index (χ4v) is 2.46. The third-order valence-electron chi connectivity index (χ3n) is 3.02. The minimum Gasteiger partial charge on any atom is -0.329 e. The van der Waals surface area contributed by atoms with Crippen molar-refractivity contribution in [2.24, 2.45) is 11.7 Å². The standard InChI is InChI=1S/C11H19BrN2S.ClH/c1-8(2)11(3,7-13)14-5-9-4-10(12)15-6-9;/h4,6,8,14H,5,7,13H2,1-3H3;1H. The summed E-state index contributed by atoms with van der Waals surface area (Å²) in [5.74, 6) is 0.532. The lowest BCUT2D eigenvalue weighted by Gasteiger charge is -2.33. The molecular formula is C11H20BrClN2S. The highest BCUT2D eigenvalue weighted by Gasteiger charge is 2.25. The van der Waals surface area contributed by atoms with E-state index in [9.17, 15) is 0 Å². The molecule has 0 amide bonds. The Morgan fingerprint density at radius 3 is 2.56 bits per heavy atom. The molecule has 0 aromatic carbocycles. The highest BCUT2D eigenvalue weighted by Crippen LogP contribution is 2.22. The van der Waals surface area contributed by atoms with Crippen LogP contribution in [-0.4, -0.2) is 12.1 Å². The second kappa shape index (κ2) is 6.97. The van der Waals surface area contributed by atoms with Crippen LogP contribution in [0.1, 0.15) is 26.3 Å². The normalized spacial score (nSPS) is 14.6. The molecule has 0 radical (unpaired) electrons. The molecule has 0 fully saturated rings. The van der Waals surface area contributed by atoms with Gasteiger partial charge in [0.25, 0.3) is 0 Å². The van der Waals surface area contributed by atoms with Crippen LogP contribution >= 0.6 is 39.7 Å². The minimum atomic E-state index is 0. The lowest BCUT2D eigenvalue weighted by Crippen LogP contribution is -2.52. The summed E-state index contributed by atoms with van der Waals surface area (Å²) >= 11 is 5.18. The second-order valence-corrected chi connectivity index (χ2v) is 6.68. The summed E-state index contributed by atoms with van der Waals surface area (Å²) in [7, 11) is 0. The molecule has 0 aliphatic rings. The van der Waals surface area contributed by atoms with Crippen molar-refractivity contribution in [2.75, 3.05) is 6.54 Å². The smallest absolute Gasteiger partial charge is 0.0701 e. The van der Waals surface area contributed by atoms with Crippen LogP contribution in [0.4, 0.5) is 0 Å². The van der Waals surface area contributed by atoms with E-state index >= 15 is 0 Å². The van der Waals surface area contributed by atoms with E-state index in [0.717, 1.165) is 6.54 Å². The van der Waals surface area contributed by atoms with Gasteiger partial charge in [0.05, 0.1) is 3.79 Å². The van der Waals surface area contributed by atoms with Crippen LogP contribution in [0, 0.1) is 5.92 Å². The molecule has 1 heterocycles. The summed E-state index contributed by atoms with van der Waals surface area (Å²) in [5, 5.41) is 5.70. The summed E-state index contributed by atoms with van der Waals surface area (Å²) in [6, 6.07) is 2.15. The molecule has 0 saturated carbocycles. The van der Waals surface area contributed by atoms with Crippen LogP contribution in [0.25, 0.3) is 0 Å². The number of nitrogens with one attached hydrogen (secondary N) is 1. The molecule has 0 aliphatic carbocycles. The van der Waals surface area contributed by atoms with Crippen molar-refractivity contribution >= 4 is 39.7 Å². The number of hydrogen-bond acceptors (Lipinski definition) is 3. The van der Waals surface area contributed by atoms with Crippen molar-refractivity contribution in [3.05, 3.63) is 20.8 Å². The van der Waals surface area contributed by atoms with Gasteiger partial charge in [-0.3, -0.25) is 0 Å². The number of rotatable bonds is 5. The van der Waals surface area contributed by atoms with E-state index in [0.29, 0.717) is 12.5 Å². The van der Waals surface area contributed by atoms with Gasteiger partial charge in [-0.05, 0) is 45.8 Å². The highest BCUT2D eigenvalue weighted by atomic mass is 79.9. The van der Waals surface area contributed by atoms with Crippen LogP contribution in [0.5, 0.6) is 0 Å². The van der Waals surface area contributed by atoms with E-state index in [2.05, 4.69) is 53.5 Å². The Kier molecular flexibility index (Phi) is 7.14. The van der Waals surface area contributed by atoms with Gasteiger partial charge in [-0.2, -0.15) is 0 Å². The summed E-state index contributed by atoms with van der Waals surface area (Å²) < 4.78 is 1.18. The zero-order valence-corrected chi connectivity index (χ0v) is 13.1. The van der Waals surface area contributed by atoms with Crippen LogP contribution < -0.4 is 11.1 Å². The van der Waals surface area contributed by atoms with E-state index in [-0.39, 0.29) is 17.9 Å². The maximum atomic E-state index is 5.81. The quantitative estimate of drug-likeness (QED) is 0.870. The predicted molar refractivity (Wildman–Crippen MR) is 78.4 cm³/mol. The van der Waals surface area contributed by atoms with E-state index < -0.39 is 0 Å². The van der Waals surface area contributed by atoms with Gasteiger partial charge in [-0.25, -0.2) is 0 Å². The molecule has 1 atom stereocenters. The average molecular weight is 328 g/mol. The summed E-state index contributed by atoms with van der Waals surface area (Å²) in [5.41, 5.74) is 7.14. The molecule has 5 heteroatoms. The average Bonchev–Trinajstić information content (AvgIpc) is 2.60. The fraction of sp³-hybridized carbons (Fsp3) is 0.636. The molecule has 94 valence electrons. The third kappa shape index (κ3) is 4.34. The van der Waals surface area contributed by atoms with Crippen molar-refractivity contribution in [1.29, 1.82) is 0 Å². The van der Waals surface area contributed by atoms with Crippen molar-refractivity contribution < 1.29 is 0 Å². The number of halogens is 2. The van der Waals surface area contributed by atoms with Crippen molar-refractivity contribution in [2.45, 2.75) is 32.9 Å². The lowest BCUT2D eigenvalue weighted by atomic mass is 9.88. The molecule has 2 nitrogen and oxygen atoms in total. The first-order chi connectivity index (χ1) is 6.98. The van der Waals surface area contributed by atoms with Crippen LogP contribution in [0.3, 0.4) is 0 Å². The Morgan fingerprint density at radius 2 is 2.19 bits per heavy atom. The largest absolute Gasteiger partial charge is 0.329 e. The van der Waals surface area contributed by atoms with Gasteiger partial charge in [0.2, 0.25) is 0 Å². The first-order valence-electron chi connectivity index (χ1n) is 5.16. The summed E-state index contributed by atoms with van der Waals surface area (Å²) in [4.78, 5) is 0. The SMILES string of the molecule is CC(C)C(C)(CN)NCc1csc(Br)c1.Cl. The number of thiophene rings is 1. The molecule has 1 aromatic rings. The Bertz CT molecular complexity index is 317. The first-order valence-corrected chi connectivity index (χ1v) is 6.83. The molecule has 0 saturated heterocycles. The van der Waals surface area contributed by atoms with Crippen LogP contribution in [0.15, 0.2) is 15.2 Å².